The number of hydrogen-bond donors (Lipinski definition) is 1. The number of amides is 1. The molecule has 0 spiro atoms. The lowest BCUT2D eigenvalue weighted by molar-refractivity contribution is -0.117. The van der Waals surface area contributed by atoms with Crippen LogP contribution in [0.3, 0.4) is 0 Å². The van der Waals surface area contributed by atoms with Gasteiger partial charge < -0.3 is 10.2 Å². The second-order valence-electron chi connectivity index (χ2n) is 6.90. The smallest absolute Gasteiger partial charge is 0.293 e. The molecule has 1 N–H and O–H groups in total. The molecule has 0 bridgehead atoms. The summed E-state index contributed by atoms with van der Waals surface area (Å²) in [6.07, 6.45) is 4.53. The van der Waals surface area contributed by atoms with E-state index in [0.29, 0.717) is 4.88 Å². The predicted octanol–water partition coefficient (Wildman–Crippen LogP) is 3.14. The summed E-state index contributed by atoms with van der Waals surface area (Å²) in [5.41, 5.74) is 0.916. The molecule has 1 aromatic heterocycles. The molecule has 1 aliphatic heterocycles. The zero-order valence-corrected chi connectivity index (χ0v) is 14.7. The quantitative estimate of drug-likeness (QED) is 0.686. The van der Waals surface area contributed by atoms with E-state index >= 15 is 0 Å². The Bertz CT molecular complexity index is 786. The van der Waals surface area contributed by atoms with Gasteiger partial charge in [-0.05, 0) is 49.6 Å². The van der Waals surface area contributed by atoms with Crippen molar-refractivity contribution in [2.45, 2.75) is 44.7 Å². The van der Waals surface area contributed by atoms with Gasteiger partial charge in [-0.15, -0.1) is 11.3 Å². The number of hydrogen-bond acceptors (Lipinski definition) is 4. The third kappa shape index (κ3) is 2.98. The Balaban J connectivity index is 1.42. The highest BCUT2D eigenvalue weighted by Crippen LogP contribution is 2.31. The van der Waals surface area contributed by atoms with Gasteiger partial charge in [0.1, 0.15) is 0 Å². The average Bonchev–Trinajstić information content (AvgIpc) is 3.40. The molecular weight excluding hydrogens is 320 g/mol. The molecule has 4 nitrogen and oxygen atoms in total. The van der Waals surface area contributed by atoms with Crippen LogP contribution >= 0.6 is 11.3 Å². The van der Waals surface area contributed by atoms with E-state index < -0.39 is 11.7 Å². The number of fused-ring (bicyclic) bond motifs is 1. The first kappa shape index (κ1) is 15.8. The highest BCUT2D eigenvalue weighted by atomic mass is 32.1. The molecule has 126 valence electrons. The topological polar surface area (TPSA) is 49.4 Å². The maximum atomic E-state index is 12.6. The Morgan fingerprint density at radius 3 is 2.50 bits per heavy atom. The Morgan fingerprint density at radius 2 is 1.83 bits per heavy atom. The largest absolute Gasteiger partial charge is 0.346 e. The van der Waals surface area contributed by atoms with Crippen molar-refractivity contribution in [1.29, 1.82) is 0 Å². The third-order valence-electron chi connectivity index (χ3n) is 5.18. The predicted molar refractivity (Wildman–Crippen MR) is 96.7 cm³/mol. The van der Waals surface area contributed by atoms with Crippen LogP contribution < -0.4 is 5.32 Å². The van der Waals surface area contributed by atoms with Crippen molar-refractivity contribution in [3.63, 3.8) is 0 Å². The van der Waals surface area contributed by atoms with Crippen molar-refractivity contribution in [2.75, 3.05) is 13.1 Å². The van der Waals surface area contributed by atoms with Gasteiger partial charge in [-0.3, -0.25) is 9.59 Å². The summed E-state index contributed by atoms with van der Waals surface area (Å²) in [7, 11) is 0. The minimum atomic E-state index is -0.450. The van der Waals surface area contributed by atoms with Crippen molar-refractivity contribution in [3.8, 4) is 0 Å². The summed E-state index contributed by atoms with van der Waals surface area (Å²) in [5.74, 6) is -0.840. The molecule has 1 aromatic carbocycles. The summed E-state index contributed by atoms with van der Waals surface area (Å²) >= 11 is 1.42. The fraction of sp³-hybridized carbons (Fsp3) is 0.474. The molecule has 1 saturated carbocycles. The van der Waals surface area contributed by atoms with Gasteiger partial charge in [-0.1, -0.05) is 18.2 Å². The summed E-state index contributed by atoms with van der Waals surface area (Å²) < 4.78 is 1.06. The number of nitrogens with zero attached hydrogens (tertiary/aromatic N) is 1. The van der Waals surface area contributed by atoms with Crippen LogP contribution in [0.4, 0.5) is 0 Å². The van der Waals surface area contributed by atoms with E-state index in [9.17, 15) is 9.59 Å². The lowest BCUT2D eigenvalue weighted by Gasteiger charge is -2.32. The number of nitrogens with one attached hydrogen (secondary N) is 1. The fourth-order valence-electron chi connectivity index (χ4n) is 3.59. The summed E-state index contributed by atoms with van der Waals surface area (Å²) in [4.78, 5) is 28.1. The highest BCUT2D eigenvalue weighted by molar-refractivity contribution is 7.21. The number of ketones is 1. The van der Waals surface area contributed by atoms with Crippen molar-refractivity contribution >= 4 is 33.1 Å². The fourth-order valence-corrected chi connectivity index (χ4v) is 4.74. The van der Waals surface area contributed by atoms with Gasteiger partial charge >= 0.3 is 0 Å². The SMILES string of the molecule is Cc1c(C(=O)C(=O)NC2CCN(C3CC3)CC2)sc2ccccc12. The van der Waals surface area contributed by atoms with Gasteiger partial charge in [0.25, 0.3) is 11.7 Å². The maximum absolute atomic E-state index is 12.6. The number of aryl methyl sites for hydroxylation is 1. The number of rotatable bonds is 4. The zero-order chi connectivity index (χ0) is 16.7. The first-order valence-corrected chi connectivity index (χ1v) is 9.52. The van der Waals surface area contributed by atoms with Crippen LogP contribution in [0.25, 0.3) is 10.1 Å². The van der Waals surface area contributed by atoms with Crippen LogP contribution in [-0.4, -0.2) is 41.8 Å². The van der Waals surface area contributed by atoms with E-state index in [-0.39, 0.29) is 6.04 Å². The van der Waals surface area contributed by atoms with Gasteiger partial charge in [0, 0.05) is 29.9 Å². The molecule has 2 aliphatic rings. The van der Waals surface area contributed by atoms with Gasteiger partial charge in [0.15, 0.2) is 0 Å². The molecular formula is C19H22N2O2S. The Morgan fingerprint density at radius 1 is 1.12 bits per heavy atom. The molecule has 2 aromatic rings. The van der Waals surface area contributed by atoms with Crippen LogP contribution in [0.2, 0.25) is 0 Å². The molecule has 24 heavy (non-hydrogen) atoms. The zero-order valence-electron chi connectivity index (χ0n) is 13.9. The van der Waals surface area contributed by atoms with Crippen LogP contribution in [0.15, 0.2) is 24.3 Å². The van der Waals surface area contributed by atoms with E-state index in [2.05, 4.69) is 10.2 Å². The highest BCUT2D eigenvalue weighted by Gasteiger charge is 2.33. The second kappa shape index (κ2) is 6.30. The van der Waals surface area contributed by atoms with E-state index in [0.717, 1.165) is 47.6 Å². The standard InChI is InChI=1S/C19H22N2O2S/c1-12-15-4-2-3-5-16(15)24-18(12)17(22)19(23)20-13-8-10-21(11-9-13)14-6-7-14/h2-5,13-14H,6-11H2,1H3,(H,20,23). The van der Waals surface area contributed by atoms with Crippen molar-refractivity contribution in [3.05, 3.63) is 34.7 Å². The minimum absolute atomic E-state index is 0.131. The third-order valence-corrected chi connectivity index (χ3v) is 6.46. The number of thiophene rings is 1. The Hall–Kier alpha value is -1.72. The molecule has 2 heterocycles. The second-order valence-corrected chi connectivity index (χ2v) is 7.95. The first-order valence-electron chi connectivity index (χ1n) is 8.71. The Kier molecular flexibility index (Phi) is 4.14. The molecule has 1 amide bonds. The molecule has 4 rings (SSSR count). The normalized spacial score (nSPS) is 19.5. The van der Waals surface area contributed by atoms with Crippen LogP contribution in [0, 0.1) is 6.92 Å². The van der Waals surface area contributed by atoms with Gasteiger partial charge in [0.2, 0.25) is 0 Å². The maximum Gasteiger partial charge on any atom is 0.293 e. The Labute approximate surface area is 145 Å². The molecule has 2 fully saturated rings. The molecule has 0 unspecified atom stereocenters. The van der Waals surface area contributed by atoms with Gasteiger partial charge in [0.05, 0.1) is 4.88 Å². The summed E-state index contributed by atoms with van der Waals surface area (Å²) in [6.45, 7) is 3.99. The minimum Gasteiger partial charge on any atom is -0.346 e. The van der Waals surface area contributed by atoms with Crippen LogP contribution in [0.5, 0.6) is 0 Å². The van der Waals surface area contributed by atoms with Crippen molar-refractivity contribution < 1.29 is 9.59 Å². The molecule has 1 saturated heterocycles. The van der Waals surface area contributed by atoms with Crippen molar-refractivity contribution in [2.24, 2.45) is 0 Å². The van der Waals surface area contributed by atoms with E-state index in [4.69, 9.17) is 0 Å². The van der Waals surface area contributed by atoms with Gasteiger partial charge in [-0.2, -0.15) is 0 Å². The van der Waals surface area contributed by atoms with Crippen LogP contribution in [-0.2, 0) is 4.79 Å². The molecule has 5 heteroatoms. The van der Waals surface area contributed by atoms with Gasteiger partial charge in [-0.25, -0.2) is 0 Å². The number of carbonyl (C=O) groups excluding carboxylic acids is 2. The first-order chi connectivity index (χ1) is 11.6. The van der Waals surface area contributed by atoms with E-state index in [1.54, 1.807) is 0 Å². The molecule has 1 aliphatic carbocycles. The van der Waals surface area contributed by atoms with E-state index in [1.165, 1.54) is 24.2 Å². The number of benzene rings is 1. The molecule has 0 atom stereocenters. The van der Waals surface area contributed by atoms with Crippen molar-refractivity contribution in [1.82, 2.24) is 10.2 Å². The van der Waals surface area contributed by atoms with Crippen LogP contribution in [0.1, 0.15) is 40.9 Å². The summed E-state index contributed by atoms with van der Waals surface area (Å²) in [5, 5.41) is 4.03. The lowest BCUT2D eigenvalue weighted by atomic mass is 10.0. The summed E-state index contributed by atoms with van der Waals surface area (Å²) in [6, 6.07) is 8.83. The number of likely N-dealkylation sites (tertiary alicyclic amines) is 1. The molecule has 0 radical (unpaired) electrons. The number of carbonyl (C=O) groups is 2. The number of piperidine rings is 1. The average molecular weight is 342 g/mol. The number of Topliss-reactive ketones (excluding diaryl/α,β-unsaturated/α-hetero) is 1. The lowest BCUT2D eigenvalue weighted by Crippen LogP contribution is -2.47. The van der Waals surface area contributed by atoms with E-state index in [1.807, 2.05) is 31.2 Å². The monoisotopic (exact) mass is 342 g/mol.